The third-order valence-electron chi connectivity index (χ3n) is 5.26. The maximum Gasteiger partial charge on any atom is 0.269 e. The third-order valence-corrected chi connectivity index (χ3v) is 5.26. The molecule has 2 unspecified atom stereocenters. The second-order valence-electron chi connectivity index (χ2n) is 6.61. The Hall–Kier alpha value is -1.54. The van der Waals surface area contributed by atoms with Crippen molar-refractivity contribution in [2.45, 2.75) is 56.4 Å². The molecule has 7 nitrogen and oxygen atoms in total. The zero-order valence-corrected chi connectivity index (χ0v) is 12.6. The van der Waals surface area contributed by atoms with Gasteiger partial charge in [0.05, 0.1) is 4.92 Å². The lowest BCUT2D eigenvalue weighted by molar-refractivity contribution is -0.432. The fourth-order valence-electron chi connectivity index (χ4n) is 4.27. The van der Waals surface area contributed by atoms with Crippen LogP contribution in [0.3, 0.4) is 0 Å². The Balaban J connectivity index is 1.87. The van der Waals surface area contributed by atoms with Gasteiger partial charge in [0.15, 0.2) is 5.79 Å². The van der Waals surface area contributed by atoms with Crippen LogP contribution in [0.2, 0.25) is 0 Å². The van der Waals surface area contributed by atoms with Crippen molar-refractivity contribution in [2.24, 2.45) is 0 Å². The number of rotatable bonds is 2. The van der Waals surface area contributed by atoms with Crippen LogP contribution in [0.15, 0.2) is 24.3 Å². The van der Waals surface area contributed by atoms with Gasteiger partial charge < -0.3 is 9.47 Å². The Morgan fingerprint density at radius 2 is 1.55 bits per heavy atom. The number of nitro groups is 1. The van der Waals surface area contributed by atoms with Crippen molar-refractivity contribution in [3.05, 3.63) is 39.9 Å². The molecule has 4 bridgehead atoms. The minimum atomic E-state index is -0.997. The van der Waals surface area contributed by atoms with Gasteiger partial charge in [-0.15, -0.1) is 0 Å². The lowest BCUT2D eigenvalue weighted by Gasteiger charge is -2.60. The second-order valence-corrected chi connectivity index (χ2v) is 6.61. The van der Waals surface area contributed by atoms with Gasteiger partial charge in [-0.2, -0.15) is 9.78 Å². The summed E-state index contributed by atoms with van der Waals surface area (Å²) in [5, 5.41) is 10.9. The molecule has 0 aliphatic carbocycles. The van der Waals surface area contributed by atoms with E-state index in [-0.39, 0.29) is 5.69 Å². The van der Waals surface area contributed by atoms with E-state index in [1.807, 2.05) is 20.8 Å². The first-order valence-corrected chi connectivity index (χ1v) is 7.26. The van der Waals surface area contributed by atoms with Crippen LogP contribution < -0.4 is 0 Å². The minimum Gasteiger partial charge on any atom is -0.315 e. The molecule has 4 saturated heterocycles. The van der Waals surface area contributed by atoms with Crippen LogP contribution in [0.4, 0.5) is 5.69 Å². The van der Waals surface area contributed by atoms with Gasteiger partial charge >= 0.3 is 0 Å². The van der Waals surface area contributed by atoms with Crippen molar-refractivity contribution in [1.82, 2.24) is 0 Å². The highest BCUT2D eigenvalue weighted by molar-refractivity contribution is 5.41. The molecule has 0 amide bonds. The van der Waals surface area contributed by atoms with E-state index < -0.39 is 27.7 Å². The first-order valence-electron chi connectivity index (χ1n) is 7.26. The monoisotopic (exact) mass is 307 g/mol. The number of benzene rings is 1. The summed E-state index contributed by atoms with van der Waals surface area (Å²) in [4.78, 5) is 21.5. The third kappa shape index (κ3) is 1.44. The van der Waals surface area contributed by atoms with Gasteiger partial charge in [-0.05, 0) is 32.8 Å². The molecule has 0 spiro atoms. The Bertz CT molecular complexity index is 639. The van der Waals surface area contributed by atoms with Crippen molar-refractivity contribution < 1.29 is 24.2 Å². The summed E-state index contributed by atoms with van der Waals surface area (Å²) in [6.07, 6.45) is 1.44. The van der Waals surface area contributed by atoms with Crippen molar-refractivity contribution in [3.63, 3.8) is 0 Å². The maximum absolute atomic E-state index is 10.9. The van der Waals surface area contributed by atoms with Crippen LogP contribution >= 0.6 is 0 Å². The van der Waals surface area contributed by atoms with E-state index in [1.165, 1.54) is 12.1 Å². The molecular formula is C15H17NO6. The van der Waals surface area contributed by atoms with E-state index in [4.69, 9.17) is 19.2 Å². The molecule has 1 aromatic rings. The van der Waals surface area contributed by atoms with Crippen LogP contribution in [-0.4, -0.2) is 22.3 Å². The molecular weight excluding hydrogens is 290 g/mol. The van der Waals surface area contributed by atoms with Crippen LogP contribution in [0.5, 0.6) is 0 Å². The van der Waals surface area contributed by atoms with Crippen LogP contribution in [-0.2, 0) is 24.7 Å². The molecule has 5 rings (SSSR count). The molecule has 4 aliphatic rings. The summed E-state index contributed by atoms with van der Waals surface area (Å²) in [6, 6.07) is 6.43. The molecule has 0 radical (unpaired) electrons. The van der Waals surface area contributed by atoms with Gasteiger partial charge in [-0.25, -0.2) is 0 Å². The first-order chi connectivity index (χ1) is 10.2. The molecule has 0 aromatic heterocycles. The molecule has 1 aromatic carbocycles. The van der Waals surface area contributed by atoms with Gasteiger partial charge in [-0.3, -0.25) is 10.1 Å². The molecule has 22 heavy (non-hydrogen) atoms. The Morgan fingerprint density at radius 3 is 2.05 bits per heavy atom. The van der Waals surface area contributed by atoms with E-state index in [1.54, 1.807) is 12.1 Å². The zero-order valence-electron chi connectivity index (χ0n) is 12.6. The summed E-state index contributed by atoms with van der Waals surface area (Å²) in [5.41, 5.74) is 0.220. The largest absolute Gasteiger partial charge is 0.315 e. The first kappa shape index (κ1) is 14.1. The van der Waals surface area contributed by atoms with E-state index in [0.29, 0.717) is 6.42 Å². The number of non-ortho nitro benzene ring substituents is 1. The topological polar surface area (TPSA) is 80.1 Å². The normalized spacial score (nSPS) is 46.0. The highest BCUT2D eigenvalue weighted by atomic mass is 17.3. The molecule has 118 valence electrons. The summed E-state index contributed by atoms with van der Waals surface area (Å²) in [5.74, 6) is -2.74. The molecule has 4 aliphatic heterocycles. The van der Waals surface area contributed by atoms with Gasteiger partial charge in [0.25, 0.3) is 5.69 Å². The average Bonchev–Trinajstić information content (AvgIpc) is 2.61. The Kier molecular flexibility index (Phi) is 2.47. The molecule has 4 atom stereocenters. The van der Waals surface area contributed by atoms with Crippen LogP contribution in [0, 0.1) is 10.1 Å². The average molecular weight is 307 g/mol. The van der Waals surface area contributed by atoms with Crippen molar-refractivity contribution >= 4 is 5.69 Å². The van der Waals surface area contributed by atoms with E-state index in [0.717, 1.165) is 12.0 Å². The summed E-state index contributed by atoms with van der Waals surface area (Å²) in [7, 11) is 0. The lowest BCUT2D eigenvalue weighted by Crippen LogP contribution is -2.72. The van der Waals surface area contributed by atoms with Crippen LogP contribution in [0.1, 0.15) is 39.2 Å². The fourth-order valence-corrected chi connectivity index (χ4v) is 4.27. The smallest absolute Gasteiger partial charge is 0.269 e. The predicted molar refractivity (Wildman–Crippen MR) is 73.6 cm³/mol. The van der Waals surface area contributed by atoms with Gasteiger partial charge in [-0.1, -0.05) is 12.1 Å². The maximum atomic E-state index is 10.9. The molecule has 4 heterocycles. The molecule has 0 saturated carbocycles. The number of nitro benzene ring substituents is 1. The molecule has 0 N–H and O–H groups in total. The van der Waals surface area contributed by atoms with E-state index >= 15 is 0 Å². The number of hydrogen-bond donors (Lipinski definition) is 0. The van der Waals surface area contributed by atoms with E-state index in [2.05, 4.69) is 0 Å². The lowest BCUT2D eigenvalue weighted by atomic mass is 9.61. The molecule has 4 fully saturated rings. The van der Waals surface area contributed by atoms with Gasteiger partial charge in [0.1, 0.15) is 5.41 Å². The number of nitrogens with zero attached hydrogens (tertiary/aromatic N) is 1. The summed E-state index contributed by atoms with van der Waals surface area (Å²) >= 11 is 0. The number of ether oxygens (including phenoxy) is 2. The highest BCUT2D eigenvalue weighted by Gasteiger charge is 2.79. The van der Waals surface area contributed by atoms with Gasteiger partial charge in [0.2, 0.25) is 11.6 Å². The summed E-state index contributed by atoms with van der Waals surface area (Å²) < 4.78 is 12.1. The standard InChI is InChI=1S/C15H17NO6/c1-12-8-9-15(10-4-6-11(7-5-10)16(17)18)13(2,19-12)21-22-14(15,3)20-12/h4-7H,8-9H2,1-3H3/t12?,13-,14+,15?. The van der Waals surface area contributed by atoms with Crippen LogP contribution in [0.25, 0.3) is 0 Å². The second kappa shape index (κ2) is 3.86. The van der Waals surface area contributed by atoms with E-state index in [9.17, 15) is 10.1 Å². The number of hydrogen-bond acceptors (Lipinski definition) is 6. The minimum absolute atomic E-state index is 0.0444. The Morgan fingerprint density at radius 1 is 1.00 bits per heavy atom. The fraction of sp³-hybridized carbons (Fsp3) is 0.600. The van der Waals surface area contributed by atoms with Gasteiger partial charge in [0, 0.05) is 18.6 Å². The SMILES string of the molecule is CC12CCC3(c4ccc([N+](=O)[O-])cc4)[C@@](C)(OO[C@]3(C)O1)O2. The van der Waals surface area contributed by atoms with Crippen molar-refractivity contribution in [1.29, 1.82) is 0 Å². The van der Waals surface area contributed by atoms with Crippen molar-refractivity contribution in [3.8, 4) is 0 Å². The Labute approximate surface area is 127 Å². The highest BCUT2D eigenvalue weighted by Crippen LogP contribution is 2.66. The zero-order chi connectivity index (χ0) is 15.8. The summed E-state index contributed by atoms with van der Waals surface area (Å²) in [6.45, 7) is 5.54. The predicted octanol–water partition coefficient (Wildman–Crippen LogP) is 2.78. The quantitative estimate of drug-likeness (QED) is 0.475. The van der Waals surface area contributed by atoms with Crippen molar-refractivity contribution in [2.75, 3.05) is 0 Å². The molecule has 7 heteroatoms. The number of fused-ring (bicyclic) bond motifs is 1.